The summed E-state index contributed by atoms with van der Waals surface area (Å²) in [5.41, 5.74) is 0.503. The summed E-state index contributed by atoms with van der Waals surface area (Å²) in [4.78, 5) is 11.5. The molecule has 0 aliphatic rings. The number of carbonyl (C=O) groups is 1. The van der Waals surface area contributed by atoms with Gasteiger partial charge in [-0.15, -0.1) is 0 Å². The van der Waals surface area contributed by atoms with Gasteiger partial charge in [-0.2, -0.15) is 0 Å². The van der Waals surface area contributed by atoms with Crippen LogP contribution in [0.25, 0.3) is 0 Å². The molecule has 0 fully saturated rings. The van der Waals surface area contributed by atoms with Crippen molar-refractivity contribution in [1.29, 1.82) is 0 Å². The molecule has 0 aliphatic carbocycles. The van der Waals surface area contributed by atoms with E-state index >= 15 is 0 Å². The minimum absolute atomic E-state index is 0.0146. The summed E-state index contributed by atoms with van der Waals surface area (Å²) in [5.74, 6) is -0.0224. The van der Waals surface area contributed by atoms with Crippen molar-refractivity contribution in [1.82, 2.24) is 0 Å². The van der Waals surface area contributed by atoms with Gasteiger partial charge in [0.05, 0.1) is 20.1 Å². The zero-order valence-electron chi connectivity index (χ0n) is 11.8. The molecule has 0 radical (unpaired) electrons. The van der Waals surface area contributed by atoms with Crippen LogP contribution in [0.4, 0.5) is 0 Å². The zero-order valence-corrected chi connectivity index (χ0v) is 12.6. The van der Waals surface area contributed by atoms with Gasteiger partial charge in [-0.1, -0.05) is 19.9 Å². The number of methoxy groups -OCH3 is 1. The summed E-state index contributed by atoms with van der Waals surface area (Å²) >= 11 is 0. The van der Waals surface area contributed by atoms with Crippen LogP contribution in [0.2, 0.25) is 0 Å². The third kappa shape index (κ3) is 4.82. The van der Waals surface area contributed by atoms with Crippen molar-refractivity contribution in [3.8, 4) is 5.75 Å². The number of ether oxygens (including phenoxy) is 2. The van der Waals surface area contributed by atoms with E-state index in [0.29, 0.717) is 12.2 Å². The molecule has 1 rings (SSSR count). The van der Waals surface area contributed by atoms with Crippen LogP contribution in [0.5, 0.6) is 5.75 Å². The Morgan fingerprint density at radius 1 is 1.35 bits per heavy atom. The molecule has 112 valence electrons. The lowest BCUT2D eigenvalue weighted by Gasteiger charge is -2.10. The topological polar surface area (TPSA) is 95.7 Å². The van der Waals surface area contributed by atoms with Gasteiger partial charge in [-0.05, 0) is 23.6 Å². The first kappa shape index (κ1) is 16.5. The minimum Gasteiger partial charge on any atom is -0.495 e. The van der Waals surface area contributed by atoms with E-state index in [1.54, 1.807) is 6.07 Å². The number of rotatable bonds is 6. The van der Waals surface area contributed by atoms with E-state index < -0.39 is 16.0 Å². The molecule has 0 spiro atoms. The molecular weight excluding hydrogens is 282 g/mol. The summed E-state index contributed by atoms with van der Waals surface area (Å²) in [6.45, 7) is 4.19. The first-order valence-corrected chi connectivity index (χ1v) is 7.64. The molecule has 20 heavy (non-hydrogen) atoms. The van der Waals surface area contributed by atoms with Crippen molar-refractivity contribution < 1.29 is 22.7 Å². The third-order valence-electron chi connectivity index (χ3n) is 2.46. The van der Waals surface area contributed by atoms with E-state index in [0.717, 1.165) is 0 Å². The lowest BCUT2D eigenvalue weighted by molar-refractivity contribution is -0.143. The molecule has 0 saturated heterocycles. The SMILES string of the molecule is COc1ccc(CC(=O)OCC(C)C)cc1S(N)(=O)=O. The number of sulfonamides is 1. The lowest BCUT2D eigenvalue weighted by atomic mass is 10.1. The van der Waals surface area contributed by atoms with Gasteiger partial charge in [0.1, 0.15) is 10.6 Å². The summed E-state index contributed by atoms with van der Waals surface area (Å²) in [7, 11) is -2.56. The summed E-state index contributed by atoms with van der Waals surface area (Å²) in [5, 5.41) is 5.11. The molecule has 0 aromatic heterocycles. The molecule has 0 bridgehead atoms. The van der Waals surface area contributed by atoms with E-state index in [2.05, 4.69) is 0 Å². The second kappa shape index (κ2) is 6.71. The number of esters is 1. The first-order chi connectivity index (χ1) is 9.24. The van der Waals surface area contributed by atoms with Gasteiger partial charge in [0.2, 0.25) is 10.0 Å². The van der Waals surface area contributed by atoms with E-state index in [9.17, 15) is 13.2 Å². The molecule has 0 unspecified atom stereocenters. The highest BCUT2D eigenvalue weighted by Crippen LogP contribution is 2.24. The maximum absolute atomic E-state index is 11.6. The Morgan fingerprint density at radius 2 is 2.00 bits per heavy atom. The molecule has 7 heteroatoms. The molecule has 1 aromatic rings. The maximum Gasteiger partial charge on any atom is 0.310 e. The summed E-state index contributed by atoms with van der Waals surface area (Å²) in [6, 6.07) is 4.39. The van der Waals surface area contributed by atoms with Gasteiger partial charge in [-0.3, -0.25) is 4.79 Å². The Labute approximate surface area is 118 Å². The van der Waals surface area contributed by atoms with Gasteiger partial charge in [-0.25, -0.2) is 13.6 Å². The smallest absolute Gasteiger partial charge is 0.310 e. The second-order valence-electron chi connectivity index (χ2n) is 4.78. The third-order valence-corrected chi connectivity index (χ3v) is 3.39. The number of primary sulfonamides is 1. The van der Waals surface area contributed by atoms with Crippen molar-refractivity contribution >= 4 is 16.0 Å². The molecule has 6 nitrogen and oxygen atoms in total. The van der Waals surface area contributed by atoms with Crippen LogP contribution in [0, 0.1) is 5.92 Å². The Kier molecular flexibility index (Phi) is 5.52. The molecule has 0 amide bonds. The van der Waals surface area contributed by atoms with Gasteiger partial charge in [0.15, 0.2) is 0 Å². The largest absolute Gasteiger partial charge is 0.495 e. The van der Waals surface area contributed by atoms with Crippen molar-refractivity contribution in [2.24, 2.45) is 11.1 Å². The van der Waals surface area contributed by atoms with E-state index in [1.165, 1.54) is 19.2 Å². The van der Waals surface area contributed by atoms with Gasteiger partial charge in [0.25, 0.3) is 0 Å². The molecule has 2 N–H and O–H groups in total. The Bertz CT molecular complexity index is 580. The molecule has 0 saturated carbocycles. The van der Waals surface area contributed by atoms with Crippen LogP contribution in [-0.2, 0) is 26.0 Å². The van der Waals surface area contributed by atoms with E-state index in [4.69, 9.17) is 14.6 Å². The van der Waals surface area contributed by atoms with Gasteiger partial charge < -0.3 is 9.47 Å². The van der Waals surface area contributed by atoms with Crippen molar-refractivity contribution in [2.45, 2.75) is 25.2 Å². The highest BCUT2D eigenvalue weighted by molar-refractivity contribution is 7.89. The Morgan fingerprint density at radius 3 is 2.50 bits per heavy atom. The minimum atomic E-state index is -3.91. The Hall–Kier alpha value is -1.60. The fourth-order valence-corrected chi connectivity index (χ4v) is 2.28. The second-order valence-corrected chi connectivity index (χ2v) is 6.31. The molecule has 0 atom stereocenters. The van der Waals surface area contributed by atoms with E-state index in [1.807, 2.05) is 13.8 Å². The average molecular weight is 301 g/mol. The number of carbonyl (C=O) groups excluding carboxylic acids is 1. The van der Waals surface area contributed by atoms with Crippen LogP contribution < -0.4 is 9.88 Å². The zero-order chi connectivity index (χ0) is 15.3. The van der Waals surface area contributed by atoms with Crippen molar-refractivity contribution in [2.75, 3.05) is 13.7 Å². The molecular formula is C13H19NO5S. The van der Waals surface area contributed by atoms with Crippen LogP contribution in [0.1, 0.15) is 19.4 Å². The highest BCUT2D eigenvalue weighted by Gasteiger charge is 2.17. The summed E-state index contributed by atoms with van der Waals surface area (Å²) < 4.78 is 32.9. The molecule has 1 aromatic carbocycles. The van der Waals surface area contributed by atoms with Crippen molar-refractivity contribution in [3.63, 3.8) is 0 Å². The van der Waals surface area contributed by atoms with E-state index in [-0.39, 0.29) is 23.0 Å². The number of hydrogen-bond donors (Lipinski definition) is 1. The van der Waals surface area contributed by atoms with Gasteiger partial charge in [0, 0.05) is 0 Å². The normalized spacial score (nSPS) is 11.4. The van der Waals surface area contributed by atoms with Crippen LogP contribution in [0.15, 0.2) is 23.1 Å². The predicted octanol–water partition coefficient (Wildman–Crippen LogP) is 1.08. The highest BCUT2D eigenvalue weighted by atomic mass is 32.2. The lowest BCUT2D eigenvalue weighted by Crippen LogP contribution is -2.15. The van der Waals surface area contributed by atoms with Crippen LogP contribution in [-0.4, -0.2) is 28.1 Å². The number of benzene rings is 1. The van der Waals surface area contributed by atoms with Crippen molar-refractivity contribution in [3.05, 3.63) is 23.8 Å². The summed E-state index contributed by atoms with van der Waals surface area (Å²) in [6.07, 6.45) is -0.0146. The number of hydrogen-bond acceptors (Lipinski definition) is 5. The number of nitrogens with two attached hydrogens (primary N) is 1. The Balaban J connectivity index is 2.90. The molecule has 0 heterocycles. The first-order valence-electron chi connectivity index (χ1n) is 6.09. The maximum atomic E-state index is 11.6. The van der Waals surface area contributed by atoms with Crippen LogP contribution in [0.3, 0.4) is 0 Å². The van der Waals surface area contributed by atoms with Gasteiger partial charge >= 0.3 is 5.97 Å². The standard InChI is InChI=1S/C13H19NO5S/c1-9(2)8-19-13(15)7-10-4-5-11(18-3)12(6-10)20(14,16)17/h4-6,9H,7-8H2,1-3H3,(H2,14,16,17). The van der Waals surface area contributed by atoms with Crippen LogP contribution >= 0.6 is 0 Å². The fraction of sp³-hybridized carbons (Fsp3) is 0.462. The predicted molar refractivity (Wildman–Crippen MR) is 73.9 cm³/mol. The quantitative estimate of drug-likeness (QED) is 0.793. The molecule has 0 aliphatic heterocycles. The average Bonchev–Trinajstić information content (AvgIpc) is 2.35. The monoisotopic (exact) mass is 301 g/mol. The fourth-order valence-electron chi connectivity index (χ4n) is 1.53.